The number of ether oxygens (including phenoxy) is 1. The number of hydrogen-bond acceptors (Lipinski definition) is 7. The van der Waals surface area contributed by atoms with E-state index in [2.05, 4.69) is 14.5 Å². The highest BCUT2D eigenvalue weighted by Crippen LogP contribution is 2.15. The predicted octanol–water partition coefficient (Wildman–Crippen LogP) is -0.158. The number of nitrogens with zero attached hydrogens (tertiary/aromatic N) is 1. The molecule has 0 aromatic carbocycles. The summed E-state index contributed by atoms with van der Waals surface area (Å²) in [6.45, 7) is 1.01. The summed E-state index contributed by atoms with van der Waals surface area (Å²) in [4.78, 5) is 32.5. The molecule has 0 aliphatic carbocycles. The molecule has 1 aromatic rings. The maximum atomic E-state index is 11.6. The van der Waals surface area contributed by atoms with E-state index in [1.165, 1.54) is 0 Å². The van der Waals surface area contributed by atoms with E-state index in [1.807, 2.05) is 0 Å². The Morgan fingerprint density at radius 2 is 2.26 bits per heavy atom. The second kappa shape index (κ2) is 6.50. The van der Waals surface area contributed by atoms with Crippen LogP contribution in [-0.4, -0.2) is 41.2 Å². The van der Waals surface area contributed by atoms with Crippen LogP contribution in [0.5, 0.6) is 0 Å². The highest BCUT2D eigenvalue weighted by molar-refractivity contribution is 5.94. The van der Waals surface area contributed by atoms with E-state index in [1.54, 1.807) is 6.92 Å². The van der Waals surface area contributed by atoms with Gasteiger partial charge in [-0.3, -0.25) is 14.9 Å². The van der Waals surface area contributed by atoms with Crippen LogP contribution in [0.2, 0.25) is 0 Å². The maximum Gasteiger partial charge on any atom is 0.433 e. The van der Waals surface area contributed by atoms with Gasteiger partial charge in [-0.2, -0.15) is 0 Å². The first-order valence-corrected chi connectivity index (χ1v) is 5.32. The number of carbonyl (C=O) groups is 2. The summed E-state index contributed by atoms with van der Waals surface area (Å²) < 4.78 is 9.27. The van der Waals surface area contributed by atoms with Crippen molar-refractivity contribution in [3.63, 3.8) is 0 Å². The Morgan fingerprint density at radius 3 is 2.74 bits per heavy atom. The smallest absolute Gasteiger partial charge is 0.433 e. The molecule has 19 heavy (non-hydrogen) atoms. The number of aliphatic hydroxyl groups is 1. The van der Waals surface area contributed by atoms with Crippen LogP contribution in [0, 0.1) is 10.1 Å². The molecule has 9 nitrogen and oxygen atoms in total. The van der Waals surface area contributed by atoms with Gasteiger partial charge in [-0.05, 0) is 13.0 Å². The molecule has 1 atom stereocenters. The summed E-state index contributed by atoms with van der Waals surface area (Å²) in [5.41, 5.74) is 0. The Bertz CT molecular complexity index is 482. The predicted molar refractivity (Wildman–Crippen MR) is 60.3 cm³/mol. The summed E-state index contributed by atoms with van der Waals surface area (Å²) in [5.74, 6) is -2.60. The van der Waals surface area contributed by atoms with E-state index in [-0.39, 0.29) is 12.4 Å². The molecule has 104 valence electrons. The van der Waals surface area contributed by atoms with Gasteiger partial charge in [0.15, 0.2) is 11.8 Å². The van der Waals surface area contributed by atoms with Crippen LogP contribution in [0.25, 0.3) is 0 Å². The standard InChI is InChI=1S/C10H12N2O7/c1-2-18-10(15)6(5-13)11-9(14)7-3-4-8(19-7)12(16)17/h3-4,6,13H,2,5H2,1H3,(H,11,14). The fourth-order valence-corrected chi connectivity index (χ4v) is 1.20. The van der Waals surface area contributed by atoms with Crippen molar-refractivity contribution in [2.45, 2.75) is 13.0 Å². The zero-order valence-electron chi connectivity index (χ0n) is 9.99. The van der Waals surface area contributed by atoms with Crippen molar-refractivity contribution in [1.82, 2.24) is 5.32 Å². The van der Waals surface area contributed by atoms with E-state index in [0.717, 1.165) is 12.1 Å². The summed E-state index contributed by atoms with van der Waals surface area (Å²) in [5, 5.41) is 21.5. The van der Waals surface area contributed by atoms with Crippen molar-refractivity contribution >= 4 is 17.8 Å². The van der Waals surface area contributed by atoms with Gasteiger partial charge in [0.1, 0.15) is 4.92 Å². The second-order valence-corrected chi connectivity index (χ2v) is 3.36. The molecule has 1 rings (SSSR count). The Labute approximate surface area is 107 Å². The van der Waals surface area contributed by atoms with Crippen LogP contribution in [0.15, 0.2) is 16.5 Å². The number of rotatable bonds is 6. The first kappa shape index (κ1) is 14.6. The van der Waals surface area contributed by atoms with Gasteiger partial charge in [-0.15, -0.1) is 0 Å². The van der Waals surface area contributed by atoms with Crippen LogP contribution in [0.1, 0.15) is 17.5 Å². The summed E-state index contributed by atoms with van der Waals surface area (Å²) in [6.07, 6.45) is 0. The van der Waals surface area contributed by atoms with Crippen molar-refractivity contribution in [2.24, 2.45) is 0 Å². The van der Waals surface area contributed by atoms with E-state index >= 15 is 0 Å². The first-order valence-electron chi connectivity index (χ1n) is 5.32. The normalized spacial score (nSPS) is 11.7. The second-order valence-electron chi connectivity index (χ2n) is 3.36. The lowest BCUT2D eigenvalue weighted by Gasteiger charge is -2.13. The van der Waals surface area contributed by atoms with E-state index in [0.29, 0.717) is 0 Å². The molecule has 0 aliphatic rings. The van der Waals surface area contributed by atoms with Gasteiger partial charge >= 0.3 is 11.9 Å². The van der Waals surface area contributed by atoms with Crippen molar-refractivity contribution in [3.05, 3.63) is 28.0 Å². The first-order chi connectivity index (χ1) is 8.99. The van der Waals surface area contributed by atoms with Gasteiger partial charge in [0.05, 0.1) is 19.3 Å². The average molecular weight is 272 g/mol. The minimum absolute atomic E-state index is 0.0947. The third-order valence-electron chi connectivity index (χ3n) is 2.05. The molecule has 0 aliphatic heterocycles. The van der Waals surface area contributed by atoms with Crippen LogP contribution in [0.4, 0.5) is 5.88 Å². The molecule has 1 aromatic heterocycles. The van der Waals surface area contributed by atoms with Crippen molar-refractivity contribution < 1.29 is 28.8 Å². The number of hydrogen-bond donors (Lipinski definition) is 2. The van der Waals surface area contributed by atoms with Crippen molar-refractivity contribution in [1.29, 1.82) is 0 Å². The number of nitrogens with one attached hydrogen (secondary N) is 1. The molecule has 0 radical (unpaired) electrons. The number of amides is 1. The Morgan fingerprint density at radius 1 is 1.58 bits per heavy atom. The van der Waals surface area contributed by atoms with Crippen LogP contribution >= 0.6 is 0 Å². The van der Waals surface area contributed by atoms with E-state index in [9.17, 15) is 19.7 Å². The number of esters is 1. The fourth-order valence-electron chi connectivity index (χ4n) is 1.20. The molecule has 0 saturated heterocycles. The Hall–Kier alpha value is -2.42. The zero-order chi connectivity index (χ0) is 14.4. The highest BCUT2D eigenvalue weighted by atomic mass is 16.6. The highest BCUT2D eigenvalue weighted by Gasteiger charge is 2.24. The van der Waals surface area contributed by atoms with Crippen molar-refractivity contribution in [2.75, 3.05) is 13.2 Å². The summed E-state index contributed by atoms with van der Waals surface area (Å²) in [6, 6.07) is 0.844. The van der Waals surface area contributed by atoms with Gasteiger partial charge < -0.3 is 19.6 Å². The Balaban J connectivity index is 2.71. The van der Waals surface area contributed by atoms with Gasteiger partial charge in [-0.25, -0.2) is 4.79 Å². The largest absolute Gasteiger partial charge is 0.464 e. The Kier molecular flexibility index (Phi) is 5.01. The molecular formula is C10H12N2O7. The third kappa shape index (κ3) is 3.78. The van der Waals surface area contributed by atoms with E-state index < -0.39 is 35.3 Å². The number of furan rings is 1. The molecule has 1 amide bonds. The molecule has 0 spiro atoms. The zero-order valence-corrected chi connectivity index (χ0v) is 9.99. The van der Waals surface area contributed by atoms with Gasteiger partial charge in [0.2, 0.25) is 0 Å². The summed E-state index contributed by atoms with van der Waals surface area (Å²) in [7, 11) is 0. The topological polar surface area (TPSA) is 132 Å². The van der Waals surface area contributed by atoms with Crippen LogP contribution in [-0.2, 0) is 9.53 Å². The molecular weight excluding hydrogens is 260 g/mol. The molecule has 1 heterocycles. The molecule has 9 heteroatoms. The van der Waals surface area contributed by atoms with Gasteiger partial charge in [-0.1, -0.05) is 0 Å². The third-order valence-corrected chi connectivity index (χ3v) is 2.05. The molecule has 2 N–H and O–H groups in total. The molecule has 0 fully saturated rings. The lowest BCUT2D eigenvalue weighted by atomic mass is 10.3. The number of aliphatic hydroxyl groups excluding tert-OH is 1. The number of carbonyl (C=O) groups excluding carboxylic acids is 2. The minimum atomic E-state index is -1.25. The average Bonchev–Trinajstić information content (AvgIpc) is 2.85. The van der Waals surface area contributed by atoms with Crippen molar-refractivity contribution in [3.8, 4) is 0 Å². The molecule has 0 bridgehead atoms. The number of nitro groups is 1. The SMILES string of the molecule is CCOC(=O)C(CO)NC(=O)c1ccc([N+](=O)[O-])o1. The van der Waals surface area contributed by atoms with Gasteiger partial charge in [0.25, 0.3) is 5.91 Å². The fraction of sp³-hybridized carbons (Fsp3) is 0.400. The monoisotopic (exact) mass is 272 g/mol. The molecule has 1 unspecified atom stereocenters. The lowest BCUT2D eigenvalue weighted by Crippen LogP contribution is -2.44. The quantitative estimate of drug-likeness (QED) is 0.417. The lowest BCUT2D eigenvalue weighted by molar-refractivity contribution is -0.402. The van der Waals surface area contributed by atoms with E-state index in [4.69, 9.17) is 5.11 Å². The van der Waals surface area contributed by atoms with Crippen LogP contribution in [0.3, 0.4) is 0 Å². The summed E-state index contributed by atoms with van der Waals surface area (Å²) >= 11 is 0. The van der Waals surface area contributed by atoms with Gasteiger partial charge in [0, 0.05) is 0 Å². The van der Waals surface area contributed by atoms with Crippen LogP contribution < -0.4 is 5.32 Å². The maximum absolute atomic E-state index is 11.6. The molecule has 0 saturated carbocycles. The minimum Gasteiger partial charge on any atom is -0.464 e.